The lowest BCUT2D eigenvalue weighted by Gasteiger charge is -2.26. The normalized spacial score (nSPS) is 19.9. The molecule has 1 N–H and O–H groups in total. The van der Waals surface area contributed by atoms with Gasteiger partial charge >= 0.3 is 0 Å². The number of hydrogen-bond donors (Lipinski definition) is 1. The van der Waals surface area contributed by atoms with Gasteiger partial charge in [-0.15, -0.1) is 0 Å². The average molecular weight is 158 g/mol. The van der Waals surface area contributed by atoms with Gasteiger partial charge in [-0.3, -0.25) is 0 Å². The Morgan fingerprint density at radius 2 is 1.55 bits per heavy atom. The van der Waals surface area contributed by atoms with Crippen LogP contribution < -0.4 is 0 Å². The third-order valence-electron chi connectivity index (χ3n) is 2.76. The van der Waals surface area contributed by atoms with Crippen LogP contribution in [0, 0.1) is 17.8 Å². The smallest absolute Gasteiger partial charge is 0.0591 e. The molecule has 0 bridgehead atoms. The van der Waals surface area contributed by atoms with E-state index in [-0.39, 0.29) is 6.10 Å². The molecule has 0 fully saturated rings. The maximum absolute atomic E-state index is 9.70. The topological polar surface area (TPSA) is 20.2 Å². The molecule has 0 amide bonds. The second-order valence-electron chi connectivity index (χ2n) is 3.98. The molecule has 0 saturated carbocycles. The summed E-state index contributed by atoms with van der Waals surface area (Å²) in [5.41, 5.74) is 0. The average Bonchev–Trinajstić information content (AvgIpc) is 2.00. The Labute approximate surface area is 70.8 Å². The van der Waals surface area contributed by atoms with Crippen molar-refractivity contribution in [2.45, 2.75) is 47.1 Å². The van der Waals surface area contributed by atoms with Gasteiger partial charge in [-0.1, -0.05) is 41.0 Å². The first-order valence-corrected chi connectivity index (χ1v) is 4.68. The van der Waals surface area contributed by atoms with Crippen molar-refractivity contribution >= 4 is 0 Å². The molecule has 0 saturated heterocycles. The van der Waals surface area contributed by atoms with Crippen LogP contribution in [0.4, 0.5) is 0 Å². The highest BCUT2D eigenvalue weighted by atomic mass is 16.3. The van der Waals surface area contributed by atoms with E-state index < -0.39 is 0 Å². The Morgan fingerprint density at radius 3 is 1.82 bits per heavy atom. The third-order valence-corrected chi connectivity index (χ3v) is 2.76. The number of aliphatic hydroxyl groups excluding tert-OH is 1. The fraction of sp³-hybridized carbons (Fsp3) is 1.00. The van der Waals surface area contributed by atoms with E-state index in [1.54, 1.807) is 0 Å². The molecular weight excluding hydrogens is 136 g/mol. The molecule has 0 spiro atoms. The van der Waals surface area contributed by atoms with Crippen LogP contribution in [0.2, 0.25) is 0 Å². The molecule has 68 valence electrons. The zero-order valence-corrected chi connectivity index (χ0v) is 8.46. The zero-order valence-electron chi connectivity index (χ0n) is 8.46. The quantitative estimate of drug-likeness (QED) is 0.667. The van der Waals surface area contributed by atoms with Gasteiger partial charge in [0.2, 0.25) is 0 Å². The monoisotopic (exact) mass is 158 g/mol. The van der Waals surface area contributed by atoms with Crippen molar-refractivity contribution in [1.29, 1.82) is 0 Å². The van der Waals surface area contributed by atoms with E-state index in [9.17, 15) is 5.11 Å². The largest absolute Gasteiger partial charge is 0.393 e. The van der Waals surface area contributed by atoms with Crippen LogP contribution in [0.25, 0.3) is 0 Å². The van der Waals surface area contributed by atoms with Gasteiger partial charge in [0.15, 0.2) is 0 Å². The molecular formula is C10H22O. The van der Waals surface area contributed by atoms with E-state index in [4.69, 9.17) is 0 Å². The van der Waals surface area contributed by atoms with Gasteiger partial charge in [-0.05, 0) is 17.8 Å². The maximum atomic E-state index is 9.70. The third kappa shape index (κ3) is 3.24. The van der Waals surface area contributed by atoms with Gasteiger partial charge < -0.3 is 5.11 Å². The number of aliphatic hydroxyl groups is 1. The first-order valence-electron chi connectivity index (χ1n) is 4.68. The standard InChI is InChI=1S/C10H22O/c1-6-8(4)9(5)10(11)7(2)3/h7-11H,6H2,1-5H3/t8?,9?,10-/m1/s1. The first kappa shape index (κ1) is 11.0. The molecule has 3 atom stereocenters. The predicted molar refractivity (Wildman–Crippen MR) is 49.5 cm³/mol. The summed E-state index contributed by atoms with van der Waals surface area (Å²) in [5, 5.41) is 9.70. The van der Waals surface area contributed by atoms with E-state index >= 15 is 0 Å². The van der Waals surface area contributed by atoms with Crippen LogP contribution in [-0.4, -0.2) is 11.2 Å². The Morgan fingerprint density at radius 1 is 1.09 bits per heavy atom. The lowest BCUT2D eigenvalue weighted by atomic mass is 9.84. The van der Waals surface area contributed by atoms with E-state index in [1.807, 2.05) is 0 Å². The Kier molecular flexibility index (Phi) is 4.74. The van der Waals surface area contributed by atoms with Crippen molar-refractivity contribution in [1.82, 2.24) is 0 Å². The highest BCUT2D eigenvalue weighted by Gasteiger charge is 2.21. The van der Waals surface area contributed by atoms with Crippen molar-refractivity contribution in [3.8, 4) is 0 Å². The summed E-state index contributed by atoms with van der Waals surface area (Å²) in [6.07, 6.45) is 1.02. The molecule has 2 unspecified atom stereocenters. The molecule has 1 nitrogen and oxygen atoms in total. The SMILES string of the molecule is CCC(C)C(C)[C@H](O)C(C)C. The molecule has 1 heteroatoms. The number of hydrogen-bond acceptors (Lipinski definition) is 1. The minimum atomic E-state index is -0.134. The molecule has 0 aliphatic rings. The van der Waals surface area contributed by atoms with Crippen LogP contribution in [0.3, 0.4) is 0 Å². The maximum Gasteiger partial charge on any atom is 0.0591 e. The van der Waals surface area contributed by atoms with E-state index in [1.165, 1.54) is 0 Å². The highest BCUT2D eigenvalue weighted by molar-refractivity contribution is 4.71. The second kappa shape index (κ2) is 4.76. The predicted octanol–water partition coefficient (Wildman–Crippen LogP) is 2.69. The first-order chi connectivity index (χ1) is 5.00. The van der Waals surface area contributed by atoms with Crippen molar-refractivity contribution < 1.29 is 5.11 Å². The minimum Gasteiger partial charge on any atom is -0.393 e. The van der Waals surface area contributed by atoms with Gasteiger partial charge in [0.05, 0.1) is 6.10 Å². The molecule has 0 aromatic heterocycles. The summed E-state index contributed by atoms with van der Waals surface area (Å²) in [4.78, 5) is 0. The fourth-order valence-corrected chi connectivity index (χ4v) is 1.32. The molecule has 0 aromatic carbocycles. The summed E-state index contributed by atoms with van der Waals surface area (Å²) in [5.74, 6) is 1.45. The van der Waals surface area contributed by atoms with Crippen LogP contribution in [-0.2, 0) is 0 Å². The lowest BCUT2D eigenvalue weighted by molar-refractivity contribution is 0.0470. The minimum absolute atomic E-state index is 0.134. The van der Waals surface area contributed by atoms with Crippen molar-refractivity contribution in [3.05, 3.63) is 0 Å². The molecule has 0 heterocycles. The van der Waals surface area contributed by atoms with Crippen LogP contribution in [0.1, 0.15) is 41.0 Å². The summed E-state index contributed by atoms with van der Waals surface area (Å²) in [6, 6.07) is 0. The molecule has 0 aromatic rings. The summed E-state index contributed by atoms with van der Waals surface area (Å²) < 4.78 is 0. The summed E-state index contributed by atoms with van der Waals surface area (Å²) in [6.45, 7) is 10.7. The van der Waals surface area contributed by atoms with Gasteiger partial charge in [0.25, 0.3) is 0 Å². The highest BCUT2D eigenvalue weighted by Crippen LogP contribution is 2.22. The Bertz CT molecular complexity index is 99.0. The lowest BCUT2D eigenvalue weighted by Crippen LogP contribution is -2.28. The molecule has 0 rings (SSSR count). The van der Waals surface area contributed by atoms with Crippen LogP contribution in [0.15, 0.2) is 0 Å². The van der Waals surface area contributed by atoms with Crippen LogP contribution in [0.5, 0.6) is 0 Å². The summed E-state index contributed by atoms with van der Waals surface area (Å²) >= 11 is 0. The molecule has 0 aliphatic heterocycles. The Hall–Kier alpha value is -0.0400. The van der Waals surface area contributed by atoms with Gasteiger partial charge in [0.1, 0.15) is 0 Å². The van der Waals surface area contributed by atoms with Crippen molar-refractivity contribution in [3.63, 3.8) is 0 Å². The van der Waals surface area contributed by atoms with Gasteiger partial charge in [-0.25, -0.2) is 0 Å². The fourth-order valence-electron chi connectivity index (χ4n) is 1.32. The molecule has 0 aliphatic carbocycles. The van der Waals surface area contributed by atoms with E-state index in [0.29, 0.717) is 17.8 Å². The molecule has 0 radical (unpaired) electrons. The number of rotatable bonds is 4. The van der Waals surface area contributed by atoms with E-state index in [0.717, 1.165) is 6.42 Å². The van der Waals surface area contributed by atoms with Crippen molar-refractivity contribution in [2.24, 2.45) is 17.8 Å². The van der Waals surface area contributed by atoms with Gasteiger partial charge in [-0.2, -0.15) is 0 Å². The molecule has 11 heavy (non-hydrogen) atoms. The van der Waals surface area contributed by atoms with E-state index in [2.05, 4.69) is 34.6 Å². The Balaban J connectivity index is 3.90. The van der Waals surface area contributed by atoms with Crippen LogP contribution >= 0.6 is 0 Å². The summed E-state index contributed by atoms with van der Waals surface area (Å²) in [7, 11) is 0. The second-order valence-corrected chi connectivity index (χ2v) is 3.98. The zero-order chi connectivity index (χ0) is 9.02. The van der Waals surface area contributed by atoms with Gasteiger partial charge in [0, 0.05) is 0 Å². The van der Waals surface area contributed by atoms with Crippen molar-refractivity contribution in [2.75, 3.05) is 0 Å².